The van der Waals surface area contributed by atoms with Crippen molar-refractivity contribution < 1.29 is 9.53 Å². The molecule has 0 saturated heterocycles. The number of carbonyl (C=O) groups excluding carboxylic acids is 1. The highest BCUT2D eigenvalue weighted by atomic mass is 16.5. The molecule has 3 aromatic rings. The highest BCUT2D eigenvalue weighted by molar-refractivity contribution is 6.04. The van der Waals surface area contributed by atoms with Gasteiger partial charge in [-0.1, -0.05) is 24.3 Å². The zero-order chi connectivity index (χ0) is 18.1. The van der Waals surface area contributed by atoms with Crippen LogP contribution in [-0.2, 0) is 24.1 Å². The smallest absolute Gasteiger partial charge is 0.340 e. The monoisotopic (exact) mass is 344 g/mol. The van der Waals surface area contributed by atoms with Crippen LogP contribution in [0.2, 0.25) is 0 Å². The Labute approximate surface area is 152 Å². The normalized spacial score (nSPS) is 13.2. The van der Waals surface area contributed by atoms with Gasteiger partial charge in [0.1, 0.15) is 0 Å². The minimum Gasteiger partial charge on any atom is -0.465 e. The van der Waals surface area contributed by atoms with Crippen molar-refractivity contribution in [3.8, 4) is 6.07 Å². The number of nitrogens with zero attached hydrogens (tertiary/aromatic N) is 2. The minimum atomic E-state index is -0.300. The summed E-state index contributed by atoms with van der Waals surface area (Å²) in [7, 11) is 1.43. The lowest BCUT2D eigenvalue weighted by molar-refractivity contribution is 0.0602. The summed E-state index contributed by atoms with van der Waals surface area (Å²) in [5.74, 6) is -0.300. The molecule has 0 aliphatic heterocycles. The van der Waals surface area contributed by atoms with Gasteiger partial charge in [0.05, 0.1) is 29.8 Å². The van der Waals surface area contributed by atoms with Crippen LogP contribution < -0.4 is 0 Å². The standard InChI is InChI=1S/C22H20N2O2/c1-26-22(25)19-7-4-6-18-17-5-2-3-8-20(17)24(21(18)19)14-16-11-9-15(13-23)10-12-16/h4,6-7,9-12H,2-3,5,8,14H2,1H3. The van der Waals surface area contributed by atoms with E-state index in [4.69, 9.17) is 10.00 Å². The fraction of sp³-hybridized carbons (Fsp3) is 0.273. The Balaban J connectivity index is 1.91. The van der Waals surface area contributed by atoms with Crippen LogP contribution in [-0.4, -0.2) is 17.6 Å². The summed E-state index contributed by atoms with van der Waals surface area (Å²) in [6, 6.07) is 15.7. The van der Waals surface area contributed by atoms with Crippen LogP contribution in [0.15, 0.2) is 42.5 Å². The summed E-state index contributed by atoms with van der Waals surface area (Å²) in [5.41, 5.74) is 6.05. The molecule has 0 atom stereocenters. The van der Waals surface area contributed by atoms with Crippen LogP contribution in [0.3, 0.4) is 0 Å². The maximum atomic E-state index is 12.4. The van der Waals surface area contributed by atoms with Crippen LogP contribution >= 0.6 is 0 Å². The van der Waals surface area contributed by atoms with Crippen LogP contribution in [0.1, 0.15) is 45.6 Å². The van der Waals surface area contributed by atoms with E-state index in [0.29, 0.717) is 17.7 Å². The number of fused-ring (bicyclic) bond motifs is 3. The first-order chi connectivity index (χ1) is 12.7. The van der Waals surface area contributed by atoms with E-state index in [2.05, 4.69) is 16.7 Å². The third-order valence-corrected chi connectivity index (χ3v) is 5.22. The fourth-order valence-electron chi connectivity index (χ4n) is 4.01. The number of benzene rings is 2. The van der Waals surface area contributed by atoms with Gasteiger partial charge in [-0.05, 0) is 55.0 Å². The average molecular weight is 344 g/mol. The second-order valence-electron chi connectivity index (χ2n) is 6.72. The van der Waals surface area contributed by atoms with Crippen LogP contribution in [0, 0.1) is 11.3 Å². The topological polar surface area (TPSA) is 55.0 Å². The van der Waals surface area contributed by atoms with Crippen molar-refractivity contribution in [2.24, 2.45) is 0 Å². The molecule has 0 saturated carbocycles. The fourth-order valence-corrected chi connectivity index (χ4v) is 4.01. The van der Waals surface area contributed by atoms with Gasteiger partial charge in [0.15, 0.2) is 0 Å². The Morgan fingerprint density at radius 1 is 1.15 bits per heavy atom. The number of nitriles is 1. The van der Waals surface area contributed by atoms with E-state index >= 15 is 0 Å². The molecule has 0 N–H and O–H groups in total. The van der Waals surface area contributed by atoms with E-state index in [1.165, 1.54) is 31.2 Å². The van der Waals surface area contributed by atoms with Gasteiger partial charge in [0.2, 0.25) is 0 Å². The van der Waals surface area contributed by atoms with E-state index < -0.39 is 0 Å². The number of para-hydroxylation sites is 1. The van der Waals surface area contributed by atoms with Crippen molar-refractivity contribution >= 4 is 16.9 Å². The van der Waals surface area contributed by atoms with Gasteiger partial charge in [0.25, 0.3) is 0 Å². The van der Waals surface area contributed by atoms with Gasteiger partial charge in [-0.2, -0.15) is 5.26 Å². The lowest BCUT2D eigenvalue weighted by Gasteiger charge is -2.16. The van der Waals surface area contributed by atoms with Gasteiger partial charge in [-0.25, -0.2) is 4.79 Å². The Hall–Kier alpha value is -3.06. The number of aromatic nitrogens is 1. The number of rotatable bonds is 3. The highest BCUT2D eigenvalue weighted by Gasteiger charge is 2.24. The Kier molecular flexibility index (Phi) is 4.22. The molecule has 4 nitrogen and oxygen atoms in total. The van der Waals surface area contributed by atoms with Gasteiger partial charge in [-0.15, -0.1) is 0 Å². The van der Waals surface area contributed by atoms with E-state index in [1.807, 2.05) is 36.4 Å². The third kappa shape index (κ3) is 2.66. The number of methoxy groups -OCH3 is 1. The molecule has 4 heteroatoms. The number of esters is 1. The SMILES string of the molecule is COC(=O)c1cccc2c3c(n(Cc4ccc(C#N)cc4)c12)CCCC3. The second kappa shape index (κ2) is 6.68. The molecular weight excluding hydrogens is 324 g/mol. The molecule has 1 aliphatic carbocycles. The molecule has 0 bridgehead atoms. The zero-order valence-electron chi connectivity index (χ0n) is 14.8. The molecule has 2 aromatic carbocycles. The van der Waals surface area contributed by atoms with E-state index in [-0.39, 0.29) is 5.97 Å². The summed E-state index contributed by atoms with van der Waals surface area (Å²) >= 11 is 0. The molecule has 0 spiro atoms. The number of aryl methyl sites for hydroxylation is 1. The summed E-state index contributed by atoms with van der Waals surface area (Å²) in [5, 5.41) is 10.2. The Morgan fingerprint density at radius 2 is 1.92 bits per heavy atom. The summed E-state index contributed by atoms with van der Waals surface area (Å²) in [6.07, 6.45) is 4.44. The lowest BCUT2D eigenvalue weighted by Crippen LogP contribution is -2.11. The quantitative estimate of drug-likeness (QED) is 0.668. The largest absolute Gasteiger partial charge is 0.465 e. The molecule has 4 rings (SSSR count). The van der Waals surface area contributed by atoms with Crippen LogP contribution in [0.25, 0.3) is 10.9 Å². The second-order valence-corrected chi connectivity index (χ2v) is 6.72. The van der Waals surface area contributed by atoms with E-state index in [0.717, 1.165) is 29.3 Å². The molecule has 0 amide bonds. The Morgan fingerprint density at radius 3 is 2.65 bits per heavy atom. The van der Waals surface area contributed by atoms with Gasteiger partial charge in [0, 0.05) is 17.6 Å². The first-order valence-corrected chi connectivity index (χ1v) is 8.93. The first kappa shape index (κ1) is 16.4. The Bertz CT molecular complexity index is 1020. The van der Waals surface area contributed by atoms with Crippen LogP contribution in [0.5, 0.6) is 0 Å². The van der Waals surface area contributed by atoms with Gasteiger partial charge >= 0.3 is 5.97 Å². The predicted molar refractivity (Wildman–Crippen MR) is 100 cm³/mol. The maximum absolute atomic E-state index is 12.4. The molecule has 0 radical (unpaired) electrons. The number of hydrogen-bond acceptors (Lipinski definition) is 3. The van der Waals surface area contributed by atoms with Crippen molar-refractivity contribution in [3.05, 3.63) is 70.4 Å². The lowest BCUT2D eigenvalue weighted by atomic mass is 9.95. The van der Waals surface area contributed by atoms with Crippen molar-refractivity contribution in [1.29, 1.82) is 5.26 Å². The predicted octanol–water partition coefficient (Wildman–Crippen LogP) is 4.23. The van der Waals surface area contributed by atoms with Gasteiger partial charge < -0.3 is 9.30 Å². The van der Waals surface area contributed by atoms with Crippen LogP contribution in [0.4, 0.5) is 0 Å². The highest BCUT2D eigenvalue weighted by Crippen LogP contribution is 2.34. The summed E-state index contributed by atoms with van der Waals surface area (Å²) in [6.45, 7) is 0.686. The molecule has 1 aromatic heterocycles. The van der Waals surface area contributed by atoms with Crippen molar-refractivity contribution in [1.82, 2.24) is 4.57 Å². The van der Waals surface area contributed by atoms with E-state index in [1.54, 1.807) is 0 Å². The number of ether oxygens (including phenoxy) is 1. The number of carbonyl (C=O) groups is 1. The molecule has 0 unspecified atom stereocenters. The zero-order valence-corrected chi connectivity index (χ0v) is 14.8. The van der Waals surface area contributed by atoms with Crippen molar-refractivity contribution in [3.63, 3.8) is 0 Å². The van der Waals surface area contributed by atoms with E-state index in [9.17, 15) is 4.79 Å². The average Bonchev–Trinajstić information content (AvgIpc) is 3.02. The summed E-state index contributed by atoms with van der Waals surface area (Å²) < 4.78 is 7.30. The number of hydrogen-bond donors (Lipinski definition) is 0. The van der Waals surface area contributed by atoms with Crippen molar-refractivity contribution in [2.75, 3.05) is 7.11 Å². The molecule has 26 heavy (non-hydrogen) atoms. The first-order valence-electron chi connectivity index (χ1n) is 8.93. The minimum absolute atomic E-state index is 0.300. The maximum Gasteiger partial charge on any atom is 0.340 e. The third-order valence-electron chi connectivity index (χ3n) is 5.22. The molecule has 130 valence electrons. The molecular formula is C22H20N2O2. The van der Waals surface area contributed by atoms with Gasteiger partial charge in [-0.3, -0.25) is 0 Å². The molecule has 1 aliphatic rings. The summed E-state index contributed by atoms with van der Waals surface area (Å²) in [4.78, 5) is 12.4. The van der Waals surface area contributed by atoms with Crippen molar-refractivity contribution in [2.45, 2.75) is 32.2 Å². The molecule has 1 heterocycles. The molecule has 0 fully saturated rings.